The van der Waals surface area contributed by atoms with Crippen LogP contribution >= 0.6 is 0 Å². The van der Waals surface area contributed by atoms with Gasteiger partial charge in [-0.25, -0.2) is 0 Å². The Morgan fingerprint density at radius 2 is 2.18 bits per heavy atom. The van der Waals surface area contributed by atoms with Crippen molar-refractivity contribution in [3.8, 4) is 0 Å². The summed E-state index contributed by atoms with van der Waals surface area (Å²) in [6, 6.07) is 0.511. The van der Waals surface area contributed by atoms with E-state index in [1.165, 1.54) is 12.8 Å². The van der Waals surface area contributed by atoms with Gasteiger partial charge < -0.3 is 11.1 Å². The van der Waals surface area contributed by atoms with Gasteiger partial charge in [0.05, 0.1) is 5.69 Å². The van der Waals surface area contributed by atoms with Gasteiger partial charge >= 0.3 is 0 Å². The van der Waals surface area contributed by atoms with E-state index in [4.69, 9.17) is 5.73 Å². The number of carbonyl (C=O) groups is 1. The van der Waals surface area contributed by atoms with E-state index in [1.807, 2.05) is 13.8 Å². The predicted molar refractivity (Wildman–Crippen MR) is 66.7 cm³/mol. The summed E-state index contributed by atoms with van der Waals surface area (Å²) in [5, 5.41) is 7.22. The van der Waals surface area contributed by atoms with Crippen molar-refractivity contribution in [2.45, 2.75) is 51.6 Å². The molecule has 1 aromatic rings. The van der Waals surface area contributed by atoms with Gasteiger partial charge in [-0.1, -0.05) is 12.8 Å². The molecule has 1 saturated carbocycles. The maximum Gasteiger partial charge on any atom is 0.274 e. The quantitative estimate of drug-likeness (QED) is 0.839. The van der Waals surface area contributed by atoms with Crippen molar-refractivity contribution in [1.82, 2.24) is 15.1 Å². The van der Waals surface area contributed by atoms with Gasteiger partial charge in [0.2, 0.25) is 0 Å². The number of amides is 1. The highest BCUT2D eigenvalue weighted by Crippen LogP contribution is 2.19. The van der Waals surface area contributed by atoms with Crippen molar-refractivity contribution in [2.75, 3.05) is 5.73 Å². The smallest absolute Gasteiger partial charge is 0.274 e. The van der Waals surface area contributed by atoms with Crippen LogP contribution in [0.15, 0.2) is 6.20 Å². The van der Waals surface area contributed by atoms with E-state index in [1.54, 1.807) is 10.9 Å². The molecule has 17 heavy (non-hydrogen) atoms. The minimum Gasteiger partial charge on any atom is -0.396 e. The molecule has 3 N–H and O–H groups in total. The monoisotopic (exact) mass is 236 g/mol. The molecule has 1 heterocycles. The van der Waals surface area contributed by atoms with Crippen molar-refractivity contribution in [2.24, 2.45) is 0 Å². The van der Waals surface area contributed by atoms with Crippen LogP contribution in [0.25, 0.3) is 0 Å². The van der Waals surface area contributed by atoms with Gasteiger partial charge in [0.15, 0.2) is 5.69 Å². The van der Waals surface area contributed by atoms with Crippen LogP contribution in [0, 0.1) is 0 Å². The Bertz CT molecular complexity index is 405. The molecule has 0 spiro atoms. The minimum absolute atomic E-state index is 0.145. The number of nitrogens with two attached hydrogens (primary N) is 1. The lowest BCUT2D eigenvalue weighted by Gasteiger charge is -2.10. The molecule has 0 aromatic carbocycles. The predicted octanol–water partition coefficient (Wildman–Crippen LogP) is 1.72. The first-order valence-electron chi connectivity index (χ1n) is 6.23. The van der Waals surface area contributed by atoms with Crippen molar-refractivity contribution in [3.05, 3.63) is 11.9 Å². The first-order chi connectivity index (χ1) is 8.08. The van der Waals surface area contributed by atoms with Crippen molar-refractivity contribution in [1.29, 1.82) is 0 Å². The zero-order valence-electron chi connectivity index (χ0n) is 10.4. The van der Waals surface area contributed by atoms with Gasteiger partial charge in [0.25, 0.3) is 5.91 Å². The molecule has 0 atom stereocenters. The van der Waals surface area contributed by atoms with Gasteiger partial charge in [-0.3, -0.25) is 9.48 Å². The van der Waals surface area contributed by atoms with Crippen molar-refractivity contribution < 1.29 is 4.79 Å². The summed E-state index contributed by atoms with van der Waals surface area (Å²) in [4.78, 5) is 12.0. The van der Waals surface area contributed by atoms with E-state index in [0.29, 0.717) is 17.4 Å². The average Bonchev–Trinajstić information content (AvgIpc) is 2.86. The van der Waals surface area contributed by atoms with Gasteiger partial charge in [0.1, 0.15) is 0 Å². The zero-order chi connectivity index (χ0) is 12.4. The number of rotatable bonds is 3. The standard InChI is InChI=1S/C12H20N4O/c1-8(2)16-7-10(13)11(15-16)12(17)14-9-5-3-4-6-9/h7-9H,3-6,13H2,1-2H3,(H,14,17). The van der Waals surface area contributed by atoms with E-state index in [9.17, 15) is 4.79 Å². The number of nitrogens with zero attached hydrogens (tertiary/aromatic N) is 2. The van der Waals surface area contributed by atoms with Gasteiger partial charge in [0, 0.05) is 18.3 Å². The summed E-state index contributed by atoms with van der Waals surface area (Å²) in [5.74, 6) is -0.145. The number of aromatic nitrogens is 2. The largest absolute Gasteiger partial charge is 0.396 e. The Balaban J connectivity index is 2.07. The topological polar surface area (TPSA) is 72.9 Å². The Kier molecular flexibility index (Phi) is 3.36. The molecular weight excluding hydrogens is 216 g/mol. The van der Waals surface area contributed by atoms with E-state index >= 15 is 0 Å². The highest BCUT2D eigenvalue weighted by atomic mass is 16.2. The molecule has 1 fully saturated rings. The van der Waals surface area contributed by atoms with Crippen molar-refractivity contribution in [3.63, 3.8) is 0 Å². The van der Waals surface area contributed by atoms with Gasteiger partial charge in [-0.05, 0) is 26.7 Å². The maximum atomic E-state index is 12.0. The number of nitrogen functional groups attached to an aromatic ring is 1. The van der Waals surface area contributed by atoms with Gasteiger partial charge in [-0.2, -0.15) is 5.10 Å². The van der Waals surface area contributed by atoms with Crippen LogP contribution in [-0.2, 0) is 0 Å². The van der Waals surface area contributed by atoms with E-state index < -0.39 is 0 Å². The highest BCUT2D eigenvalue weighted by Gasteiger charge is 2.21. The first kappa shape index (κ1) is 12.0. The van der Waals surface area contributed by atoms with Crippen LogP contribution in [0.1, 0.15) is 56.1 Å². The average molecular weight is 236 g/mol. The molecule has 0 saturated heterocycles. The Morgan fingerprint density at radius 1 is 1.53 bits per heavy atom. The number of hydrogen-bond acceptors (Lipinski definition) is 3. The molecule has 0 unspecified atom stereocenters. The Hall–Kier alpha value is -1.52. The fraction of sp³-hybridized carbons (Fsp3) is 0.667. The Labute approximate surface area is 101 Å². The molecule has 2 rings (SSSR count). The minimum atomic E-state index is -0.145. The fourth-order valence-corrected chi connectivity index (χ4v) is 2.17. The zero-order valence-corrected chi connectivity index (χ0v) is 10.4. The van der Waals surface area contributed by atoms with Crippen LogP contribution in [0.2, 0.25) is 0 Å². The maximum absolute atomic E-state index is 12.0. The summed E-state index contributed by atoms with van der Waals surface area (Å²) >= 11 is 0. The molecule has 5 nitrogen and oxygen atoms in total. The summed E-state index contributed by atoms with van der Waals surface area (Å²) in [6.07, 6.45) is 6.24. The third kappa shape index (κ3) is 2.60. The highest BCUT2D eigenvalue weighted by molar-refractivity contribution is 5.97. The fourth-order valence-electron chi connectivity index (χ4n) is 2.17. The summed E-state index contributed by atoms with van der Waals surface area (Å²) in [5.41, 5.74) is 6.62. The third-order valence-electron chi connectivity index (χ3n) is 3.19. The number of anilines is 1. The van der Waals surface area contributed by atoms with E-state index in [-0.39, 0.29) is 11.9 Å². The first-order valence-corrected chi connectivity index (χ1v) is 6.23. The van der Waals surface area contributed by atoms with Crippen LogP contribution in [0.4, 0.5) is 5.69 Å². The number of nitrogens with one attached hydrogen (secondary N) is 1. The third-order valence-corrected chi connectivity index (χ3v) is 3.19. The summed E-state index contributed by atoms with van der Waals surface area (Å²) in [7, 11) is 0. The molecule has 1 aromatic heterocycles. The molecule has 1 amide bonds. The molecule has 1 aliphatic rings. The lowest BCUT2D eigenvalue weighted by molar-refractivity contribution is 0.0932. The van der Waals surface area contributed by atoms with Crippen LogP contribution < -0.4 is 11.1 Å². The molecular formula is C12H20N4O. The number of hydrogen-bond donors (Lipinski definition) is 2. The van der Waals surface area contributed by atoms with Gasteiger partial charge in [-0.15, -0.1) is 0 Å². The molecule has 94 valence electrons. The SMILES string of the molecule is CC(C)n1cc(N)c(C(=O)NC2CCCC2)n1. The molecule has 1 aliphatic carbocycles. The van der Waals surface area contributed by atoms with Crippen LogP contribution in [-0.4, -0.2) is 21.7 Å². The second-order valence-electron chi connectivity index (χ2n) is 4.96. The molecule has 5 heteroatoms. The number of carbonyl (C=O) groups excluding carboxylic acids is 1. The molecule has 0 radical (unpaired) electrons. The van der Waals surface area contributed by atoms with E-state index in [2.05, 4.69) is 10.4 Å². The lowest BCUT2D eigenvalue weighted by atomic mass is 10.2. The van der Waals surface area contributed by atoms with Crippen LogP contribution in [0.3, 0.4) is 0 Å². The Morgan fingerprint density at radius 3 is 2.71 bits per heavy atom. The summed E-state index contributed by atoms with van der Waals surface area (Å²) < 4.78 is 1.72. The molecule has 0 aliphatic heterocycles. The second-order valence-corrected chi connectivity index (χ2v) is 4.96. The molecule has 0 bridgehead atoms. The van der Waals surface area contributed by atoms with E-state index in [0.717, 1.165) is 12.8 Å². The summed E-state index contributed by atoms with van der Waals surface area (Å²) in [6.45, 7) is 4.01. The second kappa shape index (κ2) is 4.77. The van der Waals surface area contributed by atoms with Crippen LogP contribution in [0.5, 0.6) is 0 Å². The normalized spacial score (nSPS) is 16.6. The van der Waals surface area contributed by atoms with Crippen molar-refractivity contribution >= 4 is 11.6 Å². The lowest BCUT2D eigenvalue weighted by Crippen LogP contribution is -2.33.